The maximum Gasteiger partial charge on any atom is 0.171 e. The fourth-order valence-electron chi connectivity index (χ4n) is 5.37. The molecule has 0 saturated heterocycles. The quantitative estimate of drug-likeness (QED) is 0.213. The van der Waals surface area contributed by atoms with Gasteiger partial charge in [-0.05, 0) is 52.6 Å². The average Bonchev–Trinajstić information content (AvgIpc) is 3.39. The van der Waals surface area contributed by atoms with Crippen LogP contribution in [0.1, 0.15) is 0 Å². The van der Waals surface area contributed by atoms with Gasteiger partial charge in [0.05, 0.1) is 0 Å². The number of hydrogen-bond donors (Lipinski definition) is 0. The van der Waals surface area contributed by atoms with E-state index in [-0.39, 0.29) is 0 Å². The highest BCUT2D eigenvalue weighted by Crippen LogP contribution is 2.43. The molecule has 2 nitrogen and oxygen atoms in total. The molecule has 0 aliphatic carbocycles. The molecule has 0 spiro atoms. The molecule has 7 rings (SSSR count). The number of benzene rings is 6. The third-order valence-corrected chi connectivity index (χ3v) is 10.4. The third kappa shape index (κ3) is 4.11. The molecule has 0 atom stereocenters. The number of hydrogen-bond acceptors (Lipinski definition) is 2. The predicted octanol–water partition coefficient (Wildman–Crippen LogP) is 8.56. The van der Waals surface area contributed by atoms with Crippen LogP contribution in [0.25, 0.3) is 44.2 Å². The normalized spacial score (nSPS) is 11.7. The van der Waals surface area contributed by atoms with Crippen LogP contribution in [0, 0.1) is 0 Å². The van der Waals surface area contributed by atoms with Crippen molar-refractivity contribution in [1.29, 1.82) is 0 Å². The van der Waals surface area contributed by atoms with Crippen LogP contribution in [-0.2, 0) is 4.57 Å². The van der Waals surface area contributed by atoms with E-state index in [1.807, 2.05) is 91.0 Å². The molecule has 0 amide bonds. The molecule has 0 aliphatic heterocycles. The van der Waals surface area contributed by atoms with Gasteiger partial charge in [-0.15, -0.1) is 0 Å². The SMILES string of the molecule is O=P(c1ccccc1)(c1ccccc1)c1cccc(-c2ccc3oc4ccc(-c5ccccc5)cc4c3c2)c1. The Morgan fingerprint density at radius 1 is 0.385 bits per heavy atom. The summed E-state index contributed by atoms with van der Waals surface area (Å²) in [6, 6.07) is 50.8. The van der Waals surface area contributed by atoms with Crippen LogP contribution in [0.2, 0.25) is 0 Å². The fourth-order valence-corrected chi connectivity index (χ4v) is 8.07. The Hall–Kier alpha value is -4.65. The molecule has 0 radical (unpaired) electrons. The van der Waals surface area contributed by atoms with Gasteiger partial charge in [0.1, 0.15) is 11.2 Å². The Kier molecular flexibility index (Phi) is 5.77. The van der Waals surface area contributed by atoms with Crippen LogP contribution >= 0.6 is 7.14 Å². The van der Waals surface area contributed by atoms with Gasteiger partial charge in [-0.1, -0.05) is 121 Å². The van der Waals surface area contributed by atoms with Gasteiger partial charge in [0.2, 0.25) is 0 Å². The summed E-state index contributed by atoms with van der Waals surface area (Å²) < 4.78 is 21.1. The van der Waals surface area contributed by atoms with E-state index in [4.69, 9.17) is 4.42 Å². The summed E-state index contributed by atoms with van der Waals surface area (Å²) in [6.45, 7) is 0. The van der Waals surface area contributed by atoms with Crippen molar-refractivity contribution in [3.63, 3.8) is 0 Å². The second kappa shape index (κ2) is 9.58. The Labute approximate surface area is 227 Å². The Morgan fingerprint density at radius 3 is 1.38 bits per heavy atom. The predicted molar refractivity (Wildman–Crippen MR) is 164 cm³/mol. The van der Waals surface area contributed by atoms with Crippen LogP contribution in [0.3, 0.4) is 0 Å². The number of fused-ring (bicyclic) bond motifs is 3. The van der Waals surface area contributed by atoms with Gasteiger partial charge in [-0.2, -0.15) is 0 Å². The maximum atomic E-state index is 14.9. The van der Waals surface area contributed by atoms with Crippen LogP contribution in [0.5, 0.6) is 0 Å². The first kappa shape index (κ1) is 23.5. The van der Waals surface area contributed by atoms with Crippen LogP contribution in [0.4, 0.5) is 0 Å². The minimum atomic E-state index is -3.06. The molecule has 3 heteroatoms. The lowest BCUT2D eigenvalue weighted by Gasteiger charge is -2.20. The molecule has 0 fully saturated rings. The second-order valence-corrected chi connectivity index (χ2v) is 12.5. The summed E-state index contributed by atoms with van der Waals surface area (Å²) in [4.78, 5) is 0. The zero-order valence-electron chi connectivity index (χ0n) is 21.2. The van der Waals surface area contributed by atoms with E-state index < -0.39 is 7.14 Å². The fraction of sp³-hybridized carbons (Fsp3) is 0. The molecule has 0 unspecified atom stereocenters. The van der Waals surface area contributed by atoms with Crippen LogP contribution in [0.15, 0.2) is 156 Å². The van der Waals surface area contributed by atoms with Crippen molar-refractivity contribution in [1.82, 2.24) is 0 Å². The van der Waals surface area contributed by atoms with E-state index in [0.29, 0.717) is 0 Å². The van der Waals surface area contributed by atoms with E-state index in [9.17, 15) is 4.57 Å². The molecular weight excluding hydrogens is 495 g/mol. The zero-order valence-corrected chi connectivity index (χ0v) is 22.1. The first-order chi connectivity index (χ1) is 19.2. The van der Waals surface area contributed by atoms with Crippen molar-refractivity contribution in [3.8, 4) is 22.3 Å². The first-order valence-electron chi connectivity index (χ1n) is 13.0. The first-order valence-corrected chi connectivity index (χ1v) is 14.7. The van der Waals surface area contributed by atoms with Gasteiger partial charge in [-0.25, -0.2) is 0 Å². The lowest BCUT2D eigenvalue weighted by Crippen LogP contribution is -2.25. The highest BCUT2D eigenvalue weighted by molar-refractivity contribution is 7.85. The summed E-state index contributed by atoms with van der Waals surface area (Å²) in [5, 5.41) is 4.64. The molecule has 6 aromatic carbocycles. The van der Waals surface area contributed by atoms with Crippen molar-refractivity contribution in [2.75, 3.05) is 0 Å². The van der Waals surface area contributed by atoms with E-state index >= 15 is 0 Å². The molecule has 1 heterocycles. The highest BCUT2D eigenvalue weighted by Gasteiger charge is 2.29. The smallest absolute Gasteiger partial charge is 0.171 e. The topological polar surface area (TPSA) is 30.2 Å². The standard InChI is InChI=1S/C36H25O2P/c37-39(30-14-6-2-7-15-30,31-16-8-3-9-17-31)32-18-10-13-27(23-32)29-20-22-36-34(25-29)33-24-28(19-21-35(33)38-36)26-11-4-1-5-12-26/h1-25H. The largest absolute Gasteiger partial charge is 0.456 e. The number of furan rings is 1. The molecule has 0 saturated carbocycles. The van der Waals surface area contributed by atoms with Gasteiger partial charge >= 0.3 is 0 Å². The van der Waals surface area contributed by atoms with Gasteiger partial charge < -0.3 is 8.98 Å². The minimum absolute atomic E-state index is 0.820. The minimum Gasteiger partial charge on any atom is -0.456 e. The lowest BCUT2D eigenvalue weighted by molar-refractivity contribution is 0.592. The van der Waals surface area contributed by atoms with E-state index in [0.717, 1.165) is 54.5 Å². The summed E-state index contributed by atoms with van der Waals surface area (Å²) in [6.07, 6.45) is 0. The third-order valence-electron chi connectivity index (χ3n) is 7.36. The van der Waals surface area contributed by atoms with E-state index in [1.165, 1.54) is 5.56 Å². The van der Waals surface area contributed by atoms with Gasteiger partial charge in [0, 0.05) is 26.7 Å². The van der Waals surface area contributed by atoms with Gasteiger partial charge in [-0.3, -0.25) is 0 Å². The molecule has 186 valence electrons. The summed E-state index contributed by atoms with van der Waals surface area (Å²) in [5.74, 6) is 0. The van der Waals surface area contributed by atoms with E-state index in [2.05, 4.69) is 60.7 Å². The monoisotopic (exact) mass is 520 g/mol. The molecule has 39 heavy (non-hydrogen) atoms. The maximum absolute atomic E-state index is 14.9. The summed E-state index contributed by atoms with van der Waals surface area (Å²) >= 11 is 0. The van der Waals surface area contributed by atoms with Crippen molar-refractivity contribution < 1.29 is 8.98 Å². The van der Waals surface area contributed by atoms with Crippen molar-refractivity contribution >= 4 is 45.0 Å². The molecule has 0 bridgehead atoms. The number of rotatable bonds is 5. The second-order valence-electron chi connectivity index (χ2n) is 9.72. The molecule has 7 aromatic rings. The summed E-state index contributed by atoms with van der Waals surface area (Å²) in [7, 11) is -3.06. The van der Waals surface area contributed by atoms with Gasteiger partial charge in [0.25, 0.3) is 0 Å². The van der Waals surface area contributed by atoms with Crippen molar-refractivity contribution in [3.05, 3.63) is 152 Å². The van der Waals surface area contributed by atoms with Crippen LogP contribution < -0.4 is 15.9 Å². The molecule has 0 aliphatic rings. The van der Waals surface area contributed by atoms with Crippen LogP contribution in [-0.4, -0.2) is 0 Å². The highest BCUT2D eigenvalue weighted by atomic mass is 31.2. The zero-order chi connectivity index (χ0) is 26.2. The molecular formula is C36H25O2P. The molecule has 0 N–H and O–H groups in total. The summed E-state index contributed by atoms with van der Waals surface area (Å²) in [5.41, 5.74) is 6.14. The Balaban J connectivity index is 1.37. The van der Waals surface area contributed by atoms with Gasteiger partial charge in [0.15, 0.2) is 7.14 Å². The Bertz CT molecular complexity index is 1930. The van der Waals surface area contributed by atoms with E-state index in [1.54, 1.807) is 0 Å². The Morgan fingerprint density at radius 2 is 0.821 bits per heavy atom. The van der Waals surface area contributed by atoms with Crippen molar-refractivity contribution in [2.24, 2.45) is 0 Å². The lowest BCUT2D eigenvalue weighted by atomic mass is 10.0. The van der Waals surface area contributed by atoms with Crippen molar-refractivity contribution in [2.45, 2.75) is 0 Å². The average molecular weight is 521 g/mol. The molecule has 1 aromatic heterocycles.